The molecule has 0 spiro atoms. The van der Waals surface area contributed by atoms with E-state index in [1.165, 1.54) is 6.42 Å². The van der Waals surface area contributed by atoms with Crippen LogP contribution in [0.1, 0.15) is 52.8 Å². The lowest BCUT2D eigenvalue weighted by Crippen LogP contribution is -2.38. The number of anilines is 1. The lowest BCUT2D eigenvalue weighted by Gasteiger charge is -2.31. The van der Waals surface area contributed by atoms with Crippen molar-refractivity contribution in [1.29, 1.82) is 0 Å². The van der Waals surface area contributed by atoms with Crippen molar-refractivity contribution >= 4 is 17.5 Å². The first-order valence-electron chi connectivity index (χ1n) is 10.5. The average Bonchev–Trinajstić information content (AvgIpc) is 2.79. The number of amides is 2. The van der Waals surface area contributed by atoms with Crippen LogP contribution in [0.4, 0.5) is 5.69 Å². The minimum atomic E-state index is -0.316. The molecule has 160 valence electrons. The molecule has 0 saturated heterocycles. The van der Waals surface area contributed by atoms with E-state index in [0.717, 1.165) is 25.7 Å². The molecule has 1 saturated carbocycles. The number of carbonyl (C=O) groups is 2. The molecule has 0 radical (unpaired) electrons. The van der Waals surface area contributed by atoms with Crippen molar-refractivity contribution in [2.75, 3.05) is 32.7 Å². The van der Waals surface area contributed by atoms with Crippen molar-refractivity contribution in [3.05, 3.63) is 59.7 Å². The van der Waals surface area contributed by atoms with E-state index in [0.29, 0.717) is 35.8 Å². The Balaban J connectivity index is 1.76. The Hall–Kier alpha value is -2.86. The lowest BCUT2D eigenvalue weighted by molar-refractivity contribution is 0.0697. The van der Waals surface area contributed by atoms with Crippen LogP contribution in [0, 0.1) is 0 Å². The maximum Gasteiger partial charge on any atom is 0.259 e. The van der Waals surface area contributed by atoms with Crippen LogP contribution >= 0.6 is 0 Å². The normalized spacial score (nSPS) is 14.2. The Morgan fingerprint density at radius 2 is 1.63 bits per heavy atom. The second kappa shape index (κ2) is 10.8. The number of hydrogen-bond acceptors (Lipinski definition) is 4. The van der Waals surface area contributed by atoms with Gasteiger partial charge >= 0.3 is 0 Å². The molecule has 0 bridgehead atoms. The fraction of sp³-hybridized carbons (Fsp3) is 0.417. The molecule has 2 aromatic carbocycles. The highest BCUT2D eigenvalue weighted by molar-refractivity contribution is 6.10. The van der Waals surface area contributed by atoms with E-state index in [9.17, 15) is 9.59 Å². The summed E-state index contributed by atoms with van der Waals surface area (Å²) in [6.45, 7) is 0.781. The van der Waals surface area contributed by atoms with Crippen molar-refractivity contribution in [2.45, 2.75) is 38.1 Å². The van der Waals surface area contributed by atoms with E-state index in [4.69, 9.17) is 9.47 Å². The maximum absolute atomic E-state index is 13.2. The number of methoxy groups -OCH3 is 1. The summed E-state index contributed by atoms with van der Waals surface area (Å²) in [5, 5.41) is 2.90. The van der Waals surface area contributed by atoms with Crippen LogP contribution < -0.4 is 10.1 Å². The molecule has 3 rings (SSSR count). The van der Waals surface area contributed by atoms with E-state index in [-0.39, 0.29) is 17.9 Å². The van der Waals surface area contributed by atoms with Crippen LogP contribution in [0.5, 0.6) is 5.75 Å². The molecule has 0 aromatic heterocycles. The molecule has 6 heteroatoms. The van der Waals surface area contributed by atoms with Crippen molar-refractivity contribution in [3.8, 4) is 5.75 Å². The average molecular weight is 411 g/mol. The van der Waals surface area contributed by atoms with Crippen molar-refractivity contribution < 1.29 is 19.1 Å². The van der Waals surface area contributed by atoms with Gasteiger partial charge in [0.25, 0.3) is 11.8 Å². The van der Waals surface area contributed by atoms with Crippen LogP contribution in [0.2, 0.25) is 0 Å². The number of hydrogen-bond donors (Lipinski definition) is 1. The number of benzene rings is 2. The SMILES string of the molecule is COCCOc1ccccc1C(=O)Nc1ccccc1C(=O)N(C)C1CCCCC1. The third-order valence-corrected chi connectivity index (χ3v) is 5.53. The quantitative estimate of drug-likeness (QED) is 0.656. The molecule has 0 aliphatic heterocycles. The topological polar surface area (TPSA) is 67.9 Å². The van der Waals surface area contributed by atoms with Crippen molar-refractivity contribution in [1.82, 2.24) is 4.90 Å². The van der Waals surface area contributed by atoms with Crippen LogP contribution in [0.3, 0.4) is 0 Å². The van der Waals surface area contributed by atoms with Gasteiger partial charge < -0.3 is 19.7 Å². The first-order chi connectivity index (χ1) is 14.6. The molecule has 2 amide bonds. The minimum absolute atomic E-state index is 0.0672. The summed E-state index contributed by atoms with van der Waals surface area (Å²) in [5.74, 6) is 0.0983. The van der Waals surface area contributed by atoms with Gasteiger partial charge in [0.1, 0.15) is 12.4 Å². The monoisotopic (exact) mass is 410 g/mol. The molecule has 1 aliphatic carbocycles. The van der Waals surface area contributed by atoms with E-state index in [1.807, 2.05) is 30.1 Å². The summed E-state index contributed by atoms with van der Waals surface area (Å²) in [5.41, 5.74) is 1.41. The summed E-state index contributed by atoms with van der Waals surface area (Å²) >= 11 is 0. The fourth-order valence-electron chi connectivity index (χ4n) is 3.81. The number of para-hydroxylation sites is 2. The zero-order chi connectivity index (χ0) is 21.3. The van der Waals surface area contributed by atoms with Gasteiger partial charge in [-0.25, -0.2) is 0 Å². The highest BCUT2D eigenvalue weighted by atomic mass is 16.5. The predicted molar refractivity (Wildman–Crippen MR) is 117 cm³/mol. The smallest absolute Gasteiger partial charge is 0.259 e. The molecule has 0 unspecified atom stereocenters. The molecule has 1 fully saturated rings. The Morgan fingerprint density at radius 1 is 0.967 bits per heavy atom. The van der Waals surface area contributed by atoms with Gasteiger partial charge in [-0.3, -0.25) is 9.59 Å². The predicted octanol–water partition coefficient (Wildman–Crippen LogP) is 4.37. The summed E-state index contributed by atoms with van der Waals surface area (Å²) in [6, 6.07) is 14.5. The molecule has 1 N–H and O–H groups in total. The van der Waals surface area contributed by atoms with Crippen LogP contribution in [0.15, 0.2) is 48.5 Å². The summed E-state index contributed by atoms with van der Waals surface area (Å²) in [7, 11) is 3.45. The summed E-state index contributed by atoms with van der Waals surface area (Å²) in [4.78, 5) is 28.0. The first kappa shape index (κ1) is 21.8. The highest BCUT2D eigenvalue weighted by Gasteiger charge is 2.25. The van der Waals surface area contributed by atoms with Gasteiger partial charge in [-0.15, -0.1) is 0 Å². The Morgan fingerprint density at radius 3 is 2.37 bits per heavy atom. The number of carbonyl (C=O) groups excluding carboxylic acids is 2. The highest BCUT2D eigenvalue weighted by Crippen LogP contribution is 2.26. The van der Waals surface area contributed by atoms with Gasteiger partial charge in [0.05, 0.1) is 23.4 Å². The minimum Gasteiger partial charge on any atom is -0.490 e. The summed E-state index contributed by atoms with van der Waals surface area (Å²) < 4.78 is 10.7. The van der Waals surface area contributed by atoms with Crippen LogP contribution in [-0.2, 0) is 4.74 Å². The lowest BCUT2D eigenvalue weighted by atomic mass is 9.94. The third-order valence-electron chi connectivity index (χ3n) is 5.53. The van der Waals surface area contributed by atoms with Crippen LogP contribution in [0.25, 0.3) is 0 Å². The molecular weight excluding hydrogens is 380 g/mol. The van der Waals surface area contributed by atoms with Gasteiger partial charge in [0, 0.05) is 20.2 Å². The molecule has 0 atom stereocenters. The molecule has 2 aromatic rings. The largest absolute Gasteiger partial charge is 0.490 e. The fourth-order valence-corrected chi connectivity index (χ4v) is 3.81. The molecule has 0 heterocycles. The second-order valence-corrected chi connectivity index (χ2v) is 7.55. The second-order valence-electron chi connectivity index (χ2n) is 7.55. The number of nitrogens with one attached hydrogen (secondary N) is 1. The molecular formula is C24H30N2O4. The Kier molecular flexibility index (Phi) is 7.85. The number of rotatable bonds is 8. The molecule has 30 heavy (non-hydrogen) atoms. The van der Waals surface area contributed by atoms with Crippen molar-refractivity contribution in [3.63, 3.8) is 0 Å². The Bertz CT molecular complexity index is 862. The van der Waals surface area contributed by atoms with E-state index >= 15 is 0 Å². The van der Waals surface area contributed by atoms with E-state index in [1.54, 1.807) is 37.4 Å². The number of ether oxygens (including phenoxy) is 2. The third kappa shape index (κ3) is 5.39. The number of nitrogens with zero attached hydrogens (tertiary/aromatic N) is 1. The Labute approximate surface area is 178 Å². The van der Waals surface area contributed by atoms with Gasteiger partial charge in [-0.05, 0) is 37.1 Å². The van der Waals surface area contributed by atoms with Crippen LogP contribution in [-0.4, -0.2) is 50.1 Å². The van der Waals surface area contributed by atoms with Gasteiger partial charge in [-0.2, -0.15) is 0 Å². The van der Waals surface area contributed by atoms with Crippen molar-refractivity contribution in [2.24, 2.45) is 0 Å². The van der Waals surface area contributed by atoms with Gasteiger partial charge in [0.15, 0.2) is 0 Å². The summed E-state index contributed by atoms with van der Waals surface area (Å²) in [6.07, 6.45) is 5.60. The van der Waals surface area contributed by atoms with Gasteiger partial charge in [0.2, 0.25) is 0 Å². The van der Waals surface area contributed by atoms with Gasteiger partial charge in [-0.1, -0.05) is 43.5 Å². The standard InChI is InChI=1S/C24H30N2O4/c1-26(18-10-4-3-5-11-18)24(28)19-12-6-8-14-21(19)25-23(27)20-13-7-9-15-22(20)30-17-16-29-2/h6-9,12-15,18H,3-5,10-11,16-17H2,1-2H3,(H,25,27). The van der Waals surface area contributed by atoms with E-state index in [2.05, 4.69) is 5.32 Å². The molecule has 6 nitrogen and oxygen atoms in total. The maximum atomic E-state index is 13.2. The molecule has 1 aliphatic rings. The first-order valence-corrected chi connectivity index (χ1v) is 10.5. The zero-order valence-electron chi connectivity index (χ0n) is 17.7. The van der Waals surface area contributed by atoms with E-state index < -0.39 is 0 Å². The zero-order valence-corrected chi connectivity index (χ0v) is 17.7.